The van der Waals surface area contributed by atoms with E-state index in [0.717, 1.165) is 26.6 Å². The minimum absolute atomic E-state index is 0.276. The lowest BCUT2D eigenvalue weighted by atomic mass is 10.0. The van der Waals surface area contributed by atoms with Crippen molar-refractivity contribution in [1.82, 2.24) is 14.1 Å². The van der Waals surface area contributed by atoms with Crippen LogP contribution in [0.3, 0.4) is 0 Å². The second-order valence-electron chi connectivity index (χ2n) is 8.30. The maximum Gasteiger partial charge on any atom is 0.332 e. The number of aromatic amines is 1. The van der Waals surface area contributed by atoms with Gasteiger partial charge in [0.1, 0.15) is 0 Å². The molecular weight excluding hydrogens is 406 g/mol. The molecular formula is C25H27N3O4. The van der Waals surface area contributed by atoms with E-state index in [2.05, 4.69) is 4.98 Å². The molecule has 0 fully saturated rings. The molecule has 0 aliphatic carbocycles. The number of aliphatic carboxylic acids is 1. The molecule has 0 saturated carbocycles. The number of aryl methyl sites for hydroxylation is 1. The van der Waals surface area contributed by atoms with E-state index in [1.54, 1.807) is 28.8 Å². The van der Waals surface area contributed by atoms with Gasteiger partial charge < -0.3 is 10.1 Å². The van der Waals surface area contributed by atoms with Crippen LogP contribution in [0.25, 0.3) is 21.8 Å². The van der Waals surface area contributed by atoms with Gasteiger partial charge in [0.25, 0.3) is 5.56 Å². The number of fused-ring (bicyclic) bond motifs is 2. The SMILES string of the molecule is CCCC(CC(=O)O)n1c(=O)c2ccccc2n([C@@H](C)c2c[nH]c3cccc(C)c23)c1=O. The van der Waals surface area contributed by atoms with Crippen LogP contribution in [0.15, 0.2) is 58.3 Å². The Kier molecular flexibility index (Phi) is 5.74. The molecule has 0 radical (unpaired) electrons. The number of carboxylic acid groups (broad SMARTS) is 1. The number of carboxylic acids is 1. The number of rotatable bonds is 7. The summed E-state index contributed by atoms with van der Waals surface area (Å²) < 4.78 is 2.77. The molecule has 0 amide bonds. The minimum atomic E-state index is -1.03. The molecule has 32 heavy (non-hydrogen) atoms. The Balaban J connectivity index is 2.03. The third-order valence-electron chi connectivity index (χ3n) is 6.20. The Labute approximate surface area is 184 Å². The molecule has 0 aliphatic heterocycles. The van der Waals surface area contributed by atoms with E-state index in [0.29, 0.717) is 23.7 Å². The molecule has 2 atom stereocenters. The van der Waals surface area contributed by atoms with Gasteiger partial charge in [0.05, 0.1) is 29.4 Å². The number of carbonyl (C=O) groups is 1. The van der Waals surface area contributed by atoms with Crippen LogP contribution < -0.4 is 11.2 Å². The van der Waals surface area contributed by atoms with E-state index >= 15 is 0 Å². The van der Waals surface area contributed by atoms with E-state index in [9.17, 15) is 19.5 Å². The first-order valence-electron chi connectivity index (χ1n) is 10.9. The van der Waals surface area contributed by atoms with Crippen molar-refractivity contribution in [1.29, 1.82) is 0 Å². The van der Waals surface area contributed by atoms with Crippen LogP contribution >= 0.6 is 0 Å². The Bertz CT molecular complexity index is 1430. The molecule has 2 heterocycles. The van der Waals surface area contributed by atoms with Crippen molar-refractivity contribution < 1.29 is 9.90 Å². The van der Waals surface area contributed by atoms with Gasteiger partial charge in [-0.3, -0.25) is 18.7 Å². The molecule has 0 aliphatic rings. The van der Waals surface area contributed by atoms with Crippen LogP contribution in [-0.2, 0) is 4.79 Å². The van der Waals surface area contributed by atoms with Crippen LogP contribution in [-0.4, -0.2) is 25.2 Å². The number of nitrogens with one attached hydrogen (secondary N) is 1. The third-order valence-corrected chi connectivity index (χ3v) is 6.20. The molecule has 1 unspecified atom stereocenters. The molecule has 2 aromatic carbocycles. The average molecular weight is 434 g/mol. The molecule has 4 aromatic rings. The highest BCUT2D eigenvalue weighted by Gasteiger charge is 2.25. The monoisotopic (exact) mass is 433 g/mol. The minimum Gasteiger partial charge on any atom is -0.481 e. The zero-order valence-electron chi connectivity index (χ0n) is 18.5. The Morgan fingerprint density at radius 1 is 1.09 bits per heavy atom. The number of H-pyrrole nitrogens is 1. The van der Waals surface area contributed by atoms with Crippen LogP contribution in [0.1, 0.15) is 56.3 Å². The highest BCUT2D eigenvalue weighted by atomic mass is 16.4. The number of hydrogen-bond acceptors (Lipinski definition) is 3. The van der Waals surface area contributed by atoms with Crippen molar-refractivity contribution in [2.45, 2.75) is 52.1 Å². The molecule has 7 heteroatoms. The normalized spacial score (nSPS) is 13.5. The lowest BCUT2D eigenvalue weighted by Gasteiger charge is -2.23. The second-order valence-corrected chi connectivity index (χ2v) is 8.30. The number of para-hydroxylation sites is 1. The van der Waals surface area contributed by atoms with Gasteiger partial charge in [-0.25, -0.2) is 4.79 Å². The van der Waals surface area contributed by atoms with Gasteiger partial charge >= 0.3 is 11.7 Å². The zero-order chi connectivity index (χ0) is 23.0. The maximum absolute atomic E-state index is 13.8. The first kappa shape index (κ1) is 21.6. The quantitative estimate of drug-likeness (QED) is 0.452. The van der Waals surface area contributed by atoms with Crippen molar-refractivity contribution in [3.63, 3.8) is 0 Å². The van der Waals surface area contributed by atoms with Gasteiger partial charge in [0, 0.05) is 22.7 Å². The van der Waals surface area contributed by atoms with E-state index in [1.807, 2.05) is 45.2 Å². The summed E-state index contributed by atoms with van der Waals surface area (Å²) in [5, 5.41) is 10.9. The summed E-state index contributed by atoms with van der Waals surface area (Å²) in [4.78, 5) is 41.9. The van der Waals surface area contributed by atoms with Gasteiger partial charge in [0.15, 0.2) is 0 Å². The summed E-state index contributed by atoms with van der Waals surface area (Å²) in [5.41, 5.74) is 2.63. The highest BCUT2D eigenvalue weighted by molar-refractivity contribution is 5.87. The summed E-state index contributed by atoms with van der Waals surface area (Å²) in [6.07, 6.45) is 2.72. The van der Waals surface area contributed by atoms with Crippen LogP contribution in [0.4, 0.5) is 0 Å². The molecule has 7 nitrogen and oxygen atoms in total. The molecule has 2 N–H and O–H groups in total. The summed E-state index contributed by atoms with van der Waals surface area (Å²) in [7, 11) is 0. The van der Waals surface area contributed by atoms with Crippen LogP contribution in [0, 0.1) is 6.92 Å². The van der Waals surface area contributed by atoms with Gasteiger partial charge in [0.2, 0.25) is 0 Å². The highest BCUT2D eigenvalue weighted by Crippen LogP contribution is 2.30. The van der Waals surface area contributed by atoms with E-state index in [-0.39, 0.29) is 12.5 Å². The van der Waals surface area contributed by atoms with E-state index < -0.39 is 23.3 Å². The van der Waals surface area contributed by atoms with Crippen LogP contribution in [0.5, 0.6) is 0 Å². The predicted molar refractivity (Wildman–Crippen MR) is 126 cm³/mol. The Morgan fingerprint density at radius 3 is 2.56 bits per heavy atom. The maximum atomic E-state index is 13.8. The largest absolute Gasteiger partial charge is 0.481 e. The molecule has 0 bridgehead atoms. The lowest BCUT2D eigenvalue weighted by molar-refractivity contribution is -0.138. The summed E-state index contributed by atoms with van der Waals surface area (Å²) in [6.45, 7) is 5.87. The first-order valence-corrected chi connectivity index (χ1v) is 10.9. The van der Waals surface area contributed by atoms with E-state index in [4.69, 9.17) is 0 Å². The summed E-state index contributed by atoms with van der Waals surface area (Å²) >= 11 is 0. The smallest absolute Gasteiger partial charge is 0.332 e. The topological polar surface area (TPSA) is 97.1 Å². The Hall–Kier alpha value is -3.61. The van der Waals surface area contributed by atoms with Crippen molar-refractivity contribution >= 4 is 27.8 Å². The Morgan fingerprint density at radius 2 is 1.84 bits per heavy atom. The van der Waals surface area contributed by atoms with Crippen molar-refractivity contribution in [2.24, 2.45) is 0 Å². The van der Waals surface area contributed by atoms with Crippen LogP contribution in [0.2, 0.25) is 0 Å². The van der Waals surface area contributed by atoms with E-state index in [1.165, 1.54) is 0 Å². The number of nitrogens with zero attached hydrogens (tertiary/aromatic N) is 2. The number of hydrogen-bond donors (Lipinski definition) is 2. The second kappa shape index (κ2) is 8.49. The fraction of sp³-hybridized carbons (Fsp3) is 0.320. The average Bonchev–Trinajstić information content (AvgIpc) is 3.19. The summed E-state index contributed by atoms with van der Waals surface area (Å²) in [5.74, 6) is -1.03. The lowest BCUT2D eigenvalue weighted by Crippen LogP contribution is -2.43. The zero-order valence-corrected chi connectivity index (χ0v) is 18.5. The molecule has 4 rings (SSSR count). The fourth-order valence-electron chi connectivity index (χ4n) is 4.72. The van der Waals surface area contributed by atoms with Gasteiger partial charge in [-0.05, 0) is 44.0 Å². The predicted octanol–water partition coefficient (Wildman–Crippen LogP) is 4.38. The third kappa shape index (κ3) is 3.53. The fourth-order valence-corrected chi connectivity index (χ4v) is 4.72. The standard InChI is InChI=1S/C25H27N3O4/c1-4-8-17(13-22(29)30)28-24(31)18-10-5-6-12-21(18)27(25(28)32)16(3)19-14-26-20-11-7-9-15(2)23(19)20/h5-7,9-12,14,16-17,26H,4,8,13H2,1-3H3,(H,29,30)/t16-,17?/m0/s1. The molecule has 0 saturated heterocycles. The van der Waals surface area contributed by atoms with Crippen molar-refractivity contribution in [3.8, 4) is 0 Å². The summed E-state index contributed by atoms with van der Waals surface area (Å²) in [6, 6.07) is 11.9. The number of benzene rings is 2. The van der Waals surface area contributed by atoms with Gasteiger partial charge in [-0.15, -0.1) is 0 Å². The number of aromatic nitrogens is 3. The molecule has 0 spiro atoms. The molecule has 166 valence electrons. The van der Waals surface area contributed by atoms with Gasteiger partial charge in [-0.1, -0.05) is 37.6 Å². The van der Waals surface area contributed by atoms with Gasteiger partial charge in [-0.2, -0.15) is 0 Å². The molecule has 2 aromatic heterocycles. The van der Waals surface area contributed by atoms with Crippen molar-refractivity contribution in [2.75, 3.05) is 0 Å². The van der Waals surface area contributed by atoms with Crippen molar-refractivity contribution in [3.05, 3.63) is 80.6 Å². The first-order chi connectivity index (χ1) is 15.3.